The van der Waals surface area contributed by atoms with Crippen LogP contribution in [0.1, 0.15) is 12.7 Å². The van der Waals surface area contributed by atoms with E-state index in [1.807, 2.05) is 79.1 Å². The number of rotatable bonds is 6. The van der Waals surface area contributed by atoms with Crippen LogP contribution in [0.2, 0.25) is 0 Å². The Bertz CT molecular complexity index is 1170. The Morgan fingerprint density at radius 3 is 2.63 bits per heavy atom. The molecule has 2 aromatic heterocycles. The van der Waals surface area contributed by atoms with Gasteiger partial charge in [0.2, 0.25) is 5.91 Å². The van der Waals surface area contributed by atoms with Gasteiger partial charge in [-0.1, -0.05) is 52.0 Å². The molecule has 0 saturated heterocycles. The number of aryl methyl sites for hydroxylation is 1. The maximum Gasteiger partial charge on any atom is 0.237 e. The molecule has 2 heterocycles. The zero-order valence-corrected chi connectivity index (χ0v) is 18.8. The minimum Gasteiger partial charge on any atom is -0.469 e. The summed E-state index contributed by atoms with van der Waals surface area (Å²) in [6.07, 6.45) is 1.63. The second kappa shape index (κ2) is 8.89. The quantitative estimate of drug-likeness (QED) is 0.356. The highest BCUT2D eigenvalue weighted by molar-refractivity contribution is 9.10. The van der Waals surface area contributed by atoms with Gasteiger partial charge < -0.3 is 9.73 Å². The summed E-state index contributed by atoms with van der Waals surface area (Å²) in [5.41, 5.74) is 2.52. The van der Waals surface area contributed by atoms with E-state index in [9.17, 15) is 4.79 Å². The van der Waals surface area contributed by atoms with Crippen LogP contribution >= 0.6 is 27.7 Å². The molecule has 8 heteroatoms. The Hall–Kier alpha value is -2.84. The fourth-order valence-electron chi connectivity index (χ4n) is 2.97. The molecule has 0 bridgehead atoms. The van der Waals surface area contributed by atoms with Crippen LogP contribution in [0, 0.1) is 6.92 Å². The molecule has 0 aliphatic rings. The zero-order chi connectivity index (χ0) is 21.1. The second-order valence-electron chi connectivity index (χ2n) is 6.63. The molecule has 1 amide bonds. The van der Waals surface area contributed by atoms with Crippen molar-refractivity contribution in [3.8, 4) is 17.1 Å². The molecule has 6 nitrogen and oxygen atoms in total. The molecular formula is C22H19BrN4O2S. The van der Waals surface area contributed by atoms with E-state index in [2.05, 4.69) is 31.4 Å². The van der Waals surface area contributed by atoms with Gasteiger partial charge in [0, 0.05) is 15.8 Å². The molecule has 4 rings (SSSR count). The highest BCUT2D eigenvalue weighted by Crippen LogP contribution is 2.32. The Kier molecular flexibility index (Phi) is 6.06. The molecular weight excluding hydrogens is 464 g/mol. The van der Waals surface area contributed by atoms with E-state index < -0.39 is 0 Å². The van der Waals surface area contributed by atoms with Crippen molar-refractivity contribution in [2.45, 2.75) is 24.3 Å². The van der Waals surface area contributed by atoms with Gasteiger partial charge in [-0.2, -0.15) is 0 Å². The van der Waals surface area contributed by atoms with Crippen molar-refractivity contribution < 1.29 is 9.21 Å². The zero-order valence-electron chi connectivity index (χ0n) is 16.4. The maximum atomic E-state index is 12.7. The molecule has 0 aliphatic heterocycles. The summed E-state index contributed by atoms with van der Waals surface area (Å²) in [5.74, 6) is 1.33. The lowest BCUT2D eigenvalue weighted by Crippen LogP contribution is -2.22. The fraction of sp³-hybridized carbons (Fsp3) is 0.136. The first-order valence-electron chi connectivity index (χ1n) is 9.31. The number of nitrogens with zero attached hydrogens (tertiary/aromatic N) is 3. The molecule has 30 heavy (non-hydrogen) atoms. The molecule has 0 spiro atoms. The smallest absolute Gasteiger partial charge is 0.237 e. The van der Waals surface area contributed by atoms with Gasteiger partial charge in [0.1, 0.15) is 5.76 Å². The van der Waals surface area contributed by atoms with Crippen molar-refractivity contribution in [3.05, 3.63) is 77.2 Å². The lowest BCUT2D eigenvalue weighted by atomic mass is 10.2. The number of furan rings is 1. The van der Waals surface area contributed by atoms with Crippen LogP contribution < -0.4 is 5.32 Å². The number of halogens is 1. The monoisotopic (exact) mass is 482 g/mol. The third-order valence-corrected chi connectivity index (χ3v) is 6.03. The van der Waals surface area contributed by atoms with Crippen LogP contribution in [0.5, 0.6) is 0 Å². The van der Waals surface area contributed by atoms with E-state index in [4.69, 9.17) is 4.42 Å². The number of anilines is 1. The average Bonchev–Trinajstić information content (AvgIpc) is 3.34. The van der Waals surface area contributed by atoms with Crippen molar-refractivity contribution in [2.75, 3.05) is 5.32 Å². The molecule has 4 aromatic rings. The first kappa shape index (κ1) is 20.4. The third-order valence-electron chi connectivity index (χ3n) is 4.49. The summed E-state index contributed by atoms with van der Waals surface area (Å²) in [6, 6.07) is 19.2. The molecule has 0 fully saturated rings. The van der Waals surface area contributed by atoms with Gasteiger partial charge >= 0.3 is 0 Å². The highest BCUT2D eigenvalue weighted by atomic mass is 79.9. The second-order valence-corrected chi connectivity index (χ2v) is 8.85. The Morgan fingerprint density at radius 2 is 1.93 bits per heavy atom. The van der Waals surface area contributed by atoms with Crippen LogP contribution in [0.3, 0.4) is 0 Å². The number of hydrogen-bond donors (Lipinski definition) is 1. The summed E-state index contributed by atoms with van der Waals surface area (Å²) >= 11 is 4.78. The predicted molar refractivity (Wildman–Crippen MR) is 122 cm³/mol. The number of benzene rings is 2. The predicted octanol–water partition coefficient (Wildman–Crippen LogP) is 5.72. The number of nitrogens with one attached hydrogen (secondary N) is 1. The van der Waals surface area contributed by atoms with Gasteiger partial charge in [0.25, 0.3) is 0 Å². The van der Waals surface area contributed by atoms with Gasteiger partial charge in [0.15, 0.2) is 11.0 Å². The number of carbonyl (C=O) groups is 1. The number of aromatic nitrogens is 3. The van der Waals surface area contributed by atoms with Crippen LogP contribution in [-0.4, -0.2) is 25.9 Å². The average molecular weight is 483 g/mol. The Balaban J connectivity index is 1.63. The van der Waals surface area contributed by atoms with Crippen molar-refractivity contribution in [2.24, 2.45) is 0 Å². The summed E-state index contributed by atoms with van der Waals surface area (Å²) in [5, 5.41) is 12.0. The molecule has 0 aliphatic carbocycles. The van der Waals surface area contributed by atoms with Crippen LogP contribution in [-0.2, 0) is 4.79 Å². The Labute approximate surface area is 186 Å². The van der Waals surface area contributed by atoms with Crippen molar-refractivity contribution >= 4 is 39.3 Å². The van der Waals surface area contributed by atoms with Crippen LogP contribution in [0.4, 0.5) is 5.69 Å². The van der Waals surface area contributed by atoms with Gasteiger partial charge in [-0.3, -0.25) is 9.36 Å². The number of amides is 1. The van der Waals surface area contributed by atoms with Crippen molar-refractivity contribution in [1.82, 2.24) is 14.8 Å². The summed E-state index contributed by atoms with van der Waals surface area (Å²) < 4.78 is 8.32. The van der Waals surface area contributed by atoms with Crippen LogP contribution in [0.25, 0.3) is 17.1 Å². The standard InChI is InChI=1S/C22H19BrN4O2S/c1-14-19(11-12-29-14)20-25-26-22(27(20)18-9-4-3-5-10-18)30-15(2)21(28)24-17-8-6-7-16(23)13-17/h3-13,15H,1-2H3,(H,24,28)/t15-/m0/s1. The topological polar surface area (TPSA) is 72.9 Å². The lowest BCUT2D eigenvalue weighted by Gasteiger charge is -2.14. The minimum absolute atomic E-state index is 0.109. The lowest BCUT2D eigenvalue weighted by molar-refractivity contribution is -0.115. The molecule has 1 atom stereocenters. The number of para-hydroxylation sites is 1. The molecule has 0 unspecified atom stereocenters. The number of carbonyl (C=O) groups excluding carboxylic acids is 1. The SMILES string of the molecule is Cc1occc1-c1nnc(S[C@@H](C)C(=O)Nc2cccc(Br)c2)n1-c1ccccc1. The minimum atomic E-state index is -0.381. The first-order valence-corrected chi connectivity index (χ1v) is 11.0. The summed E-state index contributed by atoms with van der Waals surface area (Å²) in [7, 11) is 0. The number of hydrogen-bond acceptors (Lipinski definition) is 5. The first-order chi connectivity index (χ1) is 14.5. The Morgan fingerprint density at radius 1 is 1.13 bits per heavy atom. The third kappa shape index (κ3) is 4.34. The molecule has 0 saturated carbocycles. The van der Waals surface area contributed by atoms with Crippen molar-refractivity contribution in [1.29, 1.82) is 0 Å². The molecule has 1 N–H and O–H groups in total. The van der Waals surface area contributed by atoms with E-state index in [0.29, 0.717) is 11.0 Å². The fourth-order valence-corrected chi connectivity index (χ4v) is 4.24. The van der Waals surface area contributed by atoms with Gasteiger partial charge in [0.05, 0.1) is 17.1 Å². The number of thioether (sulfide) groups is 1. The van der Waals surface area contributed by atoms with E-state index in [1.165, 1.54) is 11.8 Å². The van der Waals surface area contributed by atoms with Crippen LogP contribution in [0.15, 0.2) is 81.0 Å². The maximum absolute atomic E-state index is 12.7. The molecule has 2 aromatic carbocycles. The summed E-state index contributed by atoms with van der Waals surface area (Å²) in [4.78, 5) is 12.7. The van der Waals surface area contributed by atoms with E-state index in [1.54, 1.807) is 6.26 Å². The van der Waals surface area contributed by atoms with E-state index >= 15 is 0 Å². The summed E-state index contributed by atoms with van der Waals surface area (Å²) in [6.45, 7) is 3.74. The van der Waals surface area contributed by atoms with E-state index in [0.717, 1.165) is 27.2 Å². The van der Waals surface area contributed by atoms with E-state index in [-0.39, 0.29) is 11.2 Å². The molecule has 0 radical (unpaired) electrons. The van der Waals surface area contributed by atoms with Gasteiger partial charge in [-0.05, 0) is 50.2 Å². The largest absolute Gasteiger partial charge is 0.469 e. The normalized spacial score (nSPS) is 12.0. The van der Waals surface area contributed by atoms with Gasteiger partial charge in [-0.15, -0.1) is 10.2 Å². The van der Waals surface area contributed by atoms with Crippen molar-refractivity contribution in [3.63, 3.8) is 0 Å². The highest BCUT2D eigenvalue weighted by Gasteiger charge is 2.23. The molecule has 152 valence electrons. The van der Waals surface area contributed by atoms with Gasteiger partial charge in [-0.25, -0.2) is 0 Å².